The summed E-state index contributed by atoms with van der Waals surface area (Å²) in [5.41, 5.74) is 1.78. The molecule has 0 spiro atoms. The van der Waals surface area contributed by atoms with Crippen molar-refractivity contribution in [3.05, 3.63) is 35.4 Å². The molecule has 1 saturated heterocycles. The lowest BCUT2D eigenvalue weighted by Gasteiger charge is -2.30. The SMILES string of the molecule is CC(=O)N[C@H](Cc1ccc(C#N)cc1)CN1CCOCC1. The molecule has 1 amide bonds. The average molecular weight is 287 g/mol. The largest absolute Gasteiger partial charge is 0.379 e. The van der Waals surface area contributed by atoms with Gasteiger partial charge in [-0.3, -0.25) is 9.69 Å². The van der Waals surface area contributed by atoms with E-state index in [9.17, 15) is 4.79 Å². The summed E-state index contributed by atoms with van der Waals surface area (Å²) in [7, 11) is 0. The van der Waals surface area contributed by atoms with Crippen molar-refractivity contribution in [1.82, 2.24) is 10.2 Å². The topological polar surface area (TPSA) is 65.4 Å². The Balaban J connectivity index is 1.97. The van der Waals surface area contributed by atoms with E-state index in [0.29, 0.717) is 5.56 Å². The molecular weight excluding hydrogens is 266 g/mol. The van der Waals surface area contributed by atoms with Gasteiger partial charge in [-0.05, 0) is 24.1 Å². The summed E-state index contributed by atoms with van der Waals surface area (Å²) < 4.78 is 5.35. The molecule has 1 atom stereocenters. The monoisotopic (exact) mass is 287 g/mol. The van der Waals surface area contributed by atoms with E-state index in [1.165, 1.54) is 0 Å². The van der Waals surface area contributed by atoms with Crippen LogP contribution in [0.1, 0.15) is 18.1 Å². The molecule has 1 aliphatic rings. The molecule has 21 heavy (non-hydrogen) atoms. The maximum atomic E-state index is 11.4. The number of rotatable bonds is 5. The Morgan fingerprint density at radius 2 is 2.05 bits per heavy atom. The van der Waals surface area contributed by atoms with E-state index in [0.717, 1.165) is 44.8 Å². The number of nitrogens with zero attached hydrogens (tertiary/aromatic N) is 2. The van der Waals surface area contributed by atoms with Crippen molar-refractivity contribution in [2.75, 3.05) is 32.8 Å². The van der Waals surface area contributed by atoms with Gasteiger partial charge in [-0.25, -0.2) is 0 Å². The highest BCUT2D eigenvalue weighted by atomic mass is 16.5. The van der Waals surface area contributed by atoms with Crippen LogP contribution >= 0.6 is 0 Å². The Morgan fingerprint density at radius 3 is 2.62 bits per heavy atom. The lowest BCUT2D eigenvalue weighted by molar-refractivity contribution is -0.119. The number of carbonyl (C=O) groups is 1. The fourth-order valence-electron chi connectivity index (χ4n) is 2.54. The van der Waals surface area contributed by atoms with E-state index < -0.39 is 0 Å². The first kappa shape index (κ1) is 15.5. The van der Waals surface area contributed by atoms with Crippen molar-refractivity contribution < 1.29 is 9.53 Å². The summed E-state index contributed by atoms with van der Waals surface area (Å²) in [4.78, 5) is 13.7. The Labute approximate surface area is 125 Å². The minimum absolute atomic E-state index is 0.0121. The zero-order valence-corrected chi connectivity index (χ0v) is 12.3. The van der Waals surface area contributed by atoms with Crippen molar-refractivity contribution in [3.8, 4) is 6.07 Å². The maximum absolute atomic E-state index is 11.4. The maximum Gasteiger partial charge on any atom is 0.217 e. The highest BCUT2D eigenvalue weighted by molar-refractivity contribution is 5.73. The molecule has 0 aromatic heterocycles. The van der Waals surface area contributed by atoms with Gasteiger partial charge in [-0.1, -0.05) is 12.1 Å². The van der Waals surface area contributed by atoms with Crippen molar-refractivity contribution in [3.63, 3.8) is 0 Å². The number of hydrogen-bond acceptors (Lipinski definition) is 4. The quantitative estimate of drug-likeness (QED) is 0.875. The van der Waals surface area contributed by atoms with Crippen LogP contribution in [0, 0.1) is 11.3 Å². The van der Waals surface area contributed by atoms with Gasteiger partial charge in [0.1, 0.15) is 0 Å². The molecule has 2 rings (SSSR count). The van der Waals surface area contributed by atoms with Crippen LogP contribution in [0.3, 0.4) is 0 Å². The highest BCUT2D eigenvalue weighted by Crippen LogP contribution is 2.08. The molecule has 0 unspecified atom stereocenters. The Morgan fingerprint density at radius 1 is 1.38 bits per heavy atom. The standard InChI is InChI=1S/C16H21N3O2/c1-13(20)18-16(12-19-6-8-21-9-7-19)10-14-2-4-15(11-17)5-3-14/h2-5,16H,6-10,12H2,1H3,(H,18,20)/t16-/m1/s1. The highest BCUT2D eigenvalue weighted by Gasteiger charge is 2.18. The fraction of sp³-hybridized carbons (Fsp3) is 0.500. The fourth-order valence-corrected chi connectivity index (χ4v) is 2.54. The summed E-state index contributed by atoms with van der Waals surface area (Å²) in [5.74, 6) is -0.0121. The predicted octanol–water partition coefficient (Wildman–Crippen LogP) is 0.938. The predicted molar refractivity (Wildman–Crippen MR) is 79.7 cm³/mol. The second-order valence-corrected chi connectivity index (χ2v) is 5.32. The molecule has 1 N–H and O–H groups in total. The number of benzene rings is 1. The van der Waals surface area contributed by atoms with Crippen LogP contribution < -0.4 is 5.32 Å². The summed E-state index contributed by atoms with van der Waals surface area (Å²) in [5, 5.41) is 11.8. The zero-order valence-electron chi connectivity index (χ0n) is 12.3. The van der Waals surface area contributed by atoms with E-state index in [4.69, 9.17) is 10.00 Å². The molecule has 1 aliphatic heterocycles. The van der Waals surface area contributed by atoms with Crippen LogP contribution in [0.4, 0.5) is 0 Å². The first-order valence-electron chi connectivity index (χ1n) is 7.23. The van der Waals surface area contributed by atoms with Crippen LogP contribution in [0.5, 0.6) is 0 Å². The van der Waals surface area contributed by atoms with Gasteiger partial charge in [-0.2, -0.15) is 5.26 Å². The molecule has 1 aromatic carbocycles. The van der Waals surface area contributed by atoms with E-state index in [1.54, 1.807) is 6.92 Å². The number of amides is 1. The lowest BCUT2D eigenvalue weighted by Crippen LogP contribution is -2.47. The van der Waals surface area contributed by atoms with Gasteiger partial charge in [0.2, 0.25) is 5.91 Å². The molecule has 1 heterocycles. The minimum Gasteiger partial charge on any atom is -0.379 e. The normalized spacial score (nSPS) is 17.0. The summed E-state index contributed by atoms with van der Waals surface area (Å²) in [6.07, 6.45) is 0.767. The molecule has 112 valence electrons. The van der Waals surface area contributed by atoms with Crippen LogP contribution in [-0.4, -0.2) is 49.7 Å². The van der Waals surface area contributed by atoms with Gasteiger partial charge in [0, 0.05) is 32.6 Å². The molecule has 0 aliphatic carbocycles. The van der Waals surface area contributed by atoms with E-state index in [-0.39, 0.29) is 11.9 Å². The molecule has 5 nitrogen and oxygen atoms in total. The van der Waals surface area contributed by atoms with Gasteiger partial charge >= 0.3 is 0 Å². The number of ether oxygens (including phenoxy) is 1. The second-order valence-electron chi connectivity index (χ2n) is 5.32. The smallest absolute Gasteiger partial charge is 0.217 e. The van der Waals surface area contributed by atoms with Crippen LogP contribution in [0.15, 0.2) is 24.3 Å². The molecular formula is C16H21N3O2. The molecule has 1 aromatic rings. The van der Waals surface area contributed by atoms with Crippen LogP contribution in [-0.2, 0) is 16.0 Å². The average Bonchev–Trinajstić information content (AvgIpc) is 2.48. The first-order valence-corrected chi connectivity index (χ1v) is 7.23. The third kappa shape index (κ3) is 5.18. The number of hydrogen-bond donors (Lipinski definition) is 1. The van der Waals surface area contributed by atoms with Gasteiger partial charge in [0.15, 0.2) is 0 Å². The molecule has 0 bridgehead atoms. The molecule has 5 heteroatoms. The van der Waals surface area contributed by atoms with Gasteiger partial charge < -0.3 is 10.1 Å². The Bertz CT molecular complexity index is 501. The third-order valence-electron chi connectivity index (χ3n) is 3.55. The Kier molecular flexibility index (Phi) is 5.73. The van der Waals surface area contributed by atoms with Gasteiger partial charge in [-0.15, -0.1) is 0 Å². The van der Waals surface area contributed by atoms with Crippen LogP contribution in [0.25, 0.3) is 0 Å². The summed E-state index contributed by atoms with van der Waals surface area (Å²) in [6, 6.07) is 9.72. The minimum atomic E-state index is -0.0121. The van der Waals surface area contributed by atoms with Crippen LogP contribution in [0.2, 0.25) is 0 Å². The van der Waals surface area contributed by atoms with Crippen molar-refractivity contribution >= 4 is 5.91 Å². The molecule has 0 radical (unpaired) electrons. The Hall–Kier alpha value is -1.90. The number of nitrogens with one attached hydrogen (secondary N) is 1. The molecule has 1 fully saturated rings. The first-order chi connectivity index (χ1) is 10.2. The van der Waals surface area contributed by atoms with Crippen molar-refractivity contribution in [1.29, 1.82) is 5.26 Å². The summed E-state index contributed by atoms with van der Waals surface area (Å²) >= 11 is 0. The van der Waals surface area contributed by atoms with E-state index in [2.05, 4.69) is 16.3 Å². The van der Waals surface area contributed by atoms with E-state index >= 15 is 0 Å². The molecule has 0 saturated carbocycles. The van der Waals surface area contributed by atoms with Gasteiger partial charge in [0.05, 0.1) is 24.8 Å². The number of carbonyl (C=O) groups excluding carboxylic acids is 1. The van der Waals surface area contributed by atoms with Gasteiger partial charge in [0.25, 0.3) is 0 Å². The zero-order chi connectivity index (χ0) is 15.1. The van der Waals surface area contributed by atoms with Crippen molar-refractivity contribution in [2.45, 2.75) is 19.4 Å². The number of nitriles is 1. The summed E-state index contributed by atoms with van der Waals surface area (Å²) in [6.45, 7) is 5.69. The second kappa shape index (κ2) is 7.77. The number of morpholine rings is 1. The van der Waals surface area contributed by atoms with Crippen molar-refractivity contribution in [2.24, 2.45) is 0 Å². The van der Waals surface area contributed by atoms with E-state index in [1.807, 2.05) is 24.3 Å². The lowest BCUT2D eigenvalue weighted by atomic mass is 10.0. The third-order valence-corrected chi connectivity index (χ3v) is 3.55.